The maximum atomic E-state index is 14.4. The molecule has 0 fully saturated rings. The van der Waals surface area contributed by atoms with Crippen LogP contribution in [0.4, 0.5) is 20.2 Å². The van der Waals surface area contributed by atoms with Gasteiger partial charge in [0.05, 0.1) is 57.2 Å². The van der Waals surface area contributed by atoms with Crippen molar-refractivity contribution in [1.29, 1.82) is 15.8 Å². The number of pyridine rings is 1. The van der Waals surface area contributed by atoms with Gasteiger partial charge in [-0.1, -0.05) is 59.3 Å². The molecule has 0 spiro atoms. The molecule has 0 aliphatic heterocycles. The number of fused-ring (bicyclic) bond motifs is 1. The first-order valence-corrected chi connectivity index (χ1v) is 14.4. The summed E-state index contributed by atoms with van der Waals surface area (Å²) in [4.78, 5) is 4.43. The molecule has 10 nitrogen and oxygen atoms in total. The lowest BCUT2D eigenvalue weighted by molar-refractivity contribution is -0.131. The van der Waals surface area contributed by atoms with E-state index in [1.807, 2.05) is 30.3 Å². The average Bonchev–Trinajstić information content (AvgIpc) is 3.59. The Hall–Kier alpha value is -5.55. The summed E-state index contributed by atoms with van der Waals surface area (Å²) in [5.74, 6) is 0. The minimum atomic E-state index is -3.70. The van der Waals surface area contributed by atoms with Crippen LogP contribution in [0.15, 0.2) is 79.1 Å². The number of halogens is 3. The van der Waals surface area contributed by atoms with Crippen LogP contribution in [-0.4, -0.2) is 39.5 Å². The van der Waals surface area contributed by atoms with Gasteiger partial charge >= 0.3 is 6.05 Å². The molecule has 228 valence electrons. The summed E-state index contributed by atoms with van der Waals surface area (Å²) in [5.41, 5.74) is 1.99. The van der Waals surface area contributed by atoms with Crippen LogP contribution in [0.1, 0.15) is 46.8 Å². The van der Waals surface area contributed by atoms with E-state index in [9.17, 15) is 29.7 Å². The summed E-state index contributed by atoms with van der Waals surface area (Å²) in [7, 11) is 1.68. The second-order valence-electron chi connectivity index (χ2n) is 10.6. The van der Waals surface area contributed by atoms with Crippen LogP contribution in [0.5, 0.6) is 0 Å². The largest absolute Gasteiger partial charge is 0.388 e. The van der Waals surface area contributed by atoms with Gasteiger partial charge in [-0.2, -0.15) is 29.2 Å². The van der Waals surface area contributed by atoms with Gasteiger partial charge in [0, 0.05) is 23.7 Å². The highest BCUT2D eigenvalue weighted by Gasteiger charge is 2.37. The molecule has 0 aliphatic carbocycles. The zero-order chi connectivity index (χ0) is 32.9. The topological polar surface area (TPSA) is 159 Å². The van der Waals surface area contributed by atoms with Crippen molar-refractivity contribution in [1.82, 2.24) is 20.0 Å². The maximum Gasteiger partial charge on any atom is 0.367 e. The van der Waals surface area contributed by atoms with E-state index in [1.54, 1.807) is 44.2 Å². The number of hydrogen-bond donors (Lipinski definition) is 3. The Kier molecular flexibility index (Phi) is 9.15. The van der Waals surface area contributed by atoms with Crippen LogP contribution in [-0.2, 0) is 11.5 Å². The molecule has 2 aromatic heterocycles. The Morgan fingerprint density at radius 2 is 1.83 bits per heavy atom. The molecular weight excluding hydrogens is 611 g/mol. The van der Waals surface area contributed by atoms with Gasteiger partial charge in [0.1, 0.15) is 26.2 Å². The minimum Gasteiger partial charge on any atom is -0.388 e. The zero-order valence-electron chi connectivity index (χ0n) is 24.4. The number of aliphatic hydroxyl groups excluding tert-OH is 1. The molecule has 2 atom stereocenters. The molecular formula is C32H25BClF2N9O. The van der Waals surface area contributed by atoms with Crippen molar-refractivity contribution in [3.8, 4) is 18.2 Å². The van der Waals surface area contributed by atoms with Gasteiger partial charge in [-0.15, -0.1) is 5.10 Å². The lowest BCUT2D eigenvalue weighted by atomic mass is 9.69. The van der Waals surface area contributed by atoms with Crippen molar-refractivity contribution in [2.75, 3.05) is 17.2 Å². The van der Waals surface area contributed by atoms with E-state index in [4.69, 9.17) is 11.6 Å². The second-order valence-corrected chi connectivity index (χ2v) is 11.0. The van der Waals surface area contributed by atoms with Gasteiger partial charge in [0.2, 0.25) is 0 Å². The van der Waals surface area contributed by atoms with E-state index in [2.05, 4.69) is 44.1 Å². The normalized spacial score (nSPS) is 13.2. The van der Waals surface area contributed by atoms with Gasteiger partial charge in [0.25, 0.3) is 0 Å². The first-order chi connectivity index (χ1) is 22.1. The Labute approximate surface area is 268 Å². The molecule has 0 saturated heterocycles. The van der Waals surface area contributed by atoms with Crippen LogP contribution < -0.4 is 10.6 Å². The van der Waals surface area contributed by atoms with Gasteiger partial charge in [-0.05, 0) is 41.8 Å². The highest BCUT2D eigenvalue weighted by atomic mass is 35.5. The molecule has 0 aliphatic rings. The van der Waals surface area contributed by atoms with Crippen molar-refractivity contribution < 1.29 is 13.9 Å². The van der Waals surface area contributed by atoms with Crippen molar-refractivity contribution >= 4 is 41.7 Å². The third-order valence-corrected chi connectivity index (χ3v) is 7.89. The highest BCUT2D eigenvalue weighted by Crippen LogP contribution is 2.38. The maximum absolute atomic E-state index is 14.4. The van der Waals surface area contributed by atoms with Crippen LogP contribution >= 0.6 is 11.6 Å². The SMILES string of the molecule is BC(Nc1cc(Cl)c2ncc(C#N)c(N[C@H](CCC#N)c3ccccc3)c2c1)(c1cccc(C#N)c1)c1cn(C(F)(F)CO)nn1. The third kappa shape index (κ3) is 6.31. The van der Waals surface area contributed by atoms with E-state index in [1.165, 1.54) is 6.20 Å². The van der Waals surface area contributed by atoms with Crippen molar-refractivity contribution in [3.63, 3.8) is 0 Å². The van der Waals surface area contributed by atoms with Crippen molar-refractivity contribution in [3.05, 3.63) is 112 Å². The van der Waals surface area contributed by atoms with E-state index < -0.39 is 18.1 Å². The fraction of sp³-hybridized carbons (Fsp3) is 0.188. The molecule has 1 unspecified atom stereocenters. The van der Waals surface area contributed by atoms with Gasteiger partial charge in [-0.3, -0.25) is 4.98 Å². The summed E-state index contributed by atoms with van der Waals surface area (Å²) in [6, 6.07) is 21.8. The fourth-order valence-corrected chi connectivity index (χ4v) is 5.43. The Morgan fingerprint density at radius 1 is 1.04 bits per heavy atom. The molecule has 46 heavy (non-hydrogen) atoms. The summed E-state index contributed by atoms with van der Waals surface area (Å²) in [6.45, 7) is -1.48. The average molecular weight is 636 g/mol. The molecule has 5 aromatic rings. The minimum absolute atomic E-state index is 0.0647. The summed E-state index contributed by atoms with van der Waals surface area (Å²) < 4.78 is 29.0. The standard InChI is InChI=1S/C32H25BClF2N9O/c33-32(23-9-4-6-20(12-23)15-38,28-18-45(44-43-28)31(35,36)19-46)42-24-13-25-29(22(16-39)17-40-30(25)26(34)14-24)41-27(10-5-11-37)21-7-2-1-3-8-21/h1-4,6-9,12-14,17-18,27,42,46H,5,10,19,33H2,(H,40,41)/t27-,32?/m1/s1. The number of benzene rings is 3. The van der Waals surface area contributed by atoms with Gasteiger partial charge in [0.15, 0.2) is 0 Å². The number of rotatable bonds is 11. The Bertz CT molecular complexity index is 2020. The number of aromatic nitrogens is 4. The van der Waals surface area contributed by atoms with Crippen LogP contribution in [0.25, 0.3) is 10.9 Å². The number of nitriles is 3. The second kappa shape index (κ2) is 13.2. The van der Waals surface area contributed by atoms with Crippen molar-refractivity contribution in [2.45, 2.75) is 30.4 Å². The molecule has 0 saturated carbocycles. The number of hydrogen-bond acceptors (Lipinski definition) is 9. The highest BCUT2D eigenvalue weighted by molar-refractivity contribution is 6.36. The molecule has 14 heteroatoms. The monoisotopic (exact) mass is 635 g/mol. The van der Waals surface area contributed by atoms with E-state index in [0.717, 1.165) is 11.8 Å². The van der Waals surface area contributed by atoms with Gasteiger partial charge < -0.3 is 15.7 Å². The number of nitrogens with zero attached hydrogens (tertiary/aromatic N) is 7. The fourth-order valence-electron chi connectivity index (χ4n) is 5.16. The predicted octanol–water partition coefficient (Wildman–Crippen LogP) is 5.17. The lowest BCUT2D eigenvalue weighted by Crippen LogP contribution is -2.38. The molecule has 3 aromatic carbocycles. The third-order valence-electron chi connectivity index (χ3n) is 7.61. The van der Waals surface area contributed by atoms with Crippen LogP contribution in [0, 0.1) is 34.0 Å². The summed E-state index contributed by atoms with van der Waals surface area (Å²) in [5, 5.41) is 53.2. The van der Waals surface area contributed by atoms with Crippen molar-refractivity contribution in [2.24, 2.45) is 0 Å². The number of anilines is 2. The lowest BCUT2D eigenvalue weighted by Gasteiger charge is -2.31. The molecule has 0 bridgehead atoms. The van der Waals surface area contributed by atoms with Crippen LogP contribution in [0.3, 0.4) is 0 Å². The molecule has 2 heterocycles. The molecule has 3 N–H and O–H groups in total. The summed E-state index contributed by atoms with van der Waals surface area (Å²) in [6.07, 6.45) is 3.17. The number of nitrogens with one attached hydrogen (secondary N) is 2. The summed E-state index contributed by atoms with van der Waals surface area (Å²) >= 11 is 6.76. The molecule has 0 amide bonds. The predicted molar refractivity (Wildman–Crippen MR) is 171 cm³/mol. The first-order valence-electron chi connectivity index (χ1n) is 14.0. The first kappa shape index (κ1) is 31.9. The van der Waals surface area contributed by atoms with E-state index in [0.29, 0.717) is 39.8 Å². The smallest absolute Gasteiger partial charge is 0.367 e. The number of aliphatic hydroxyl groups is 1. The zero-order valence-corrected chi connectivity index (χ0v) is 25.2. The van der Waals surface area contributed by atoms with E-state index >= 15 is 0 Å². The van der Waals surface area contributed by atoms with Gasteiger partial charge in [-0.25, -0.2) is 0 Å². The Morgan fingerprint density at radius 3 is 2.52 bits per heavy atom. The quantitative estimate of drug-likeness (QED) is 0.166. The number of alkyl halides is 2. The van der Waals surface area contributed by atoms with E-state index in [-0.39, 0.29) is 33.4 Å². The van der Waals surface area contributed by atoms with Crippen LogP contribution in [0.2, 0.25) is 5.02 Å². The molecule has 5 rings (SSSR count). The Balaban J connectivity index is 1.66. The molecule has 0 radical (unpaired) electrons.